The topological polar surface area (TPSA) is 38.7 Å². The van der Waals surface area contributed by atoms with Gasteiger partial charge in [0.2, 0.25) is 0 Å². The molecular formula is C11H10FN3. The highest BCUT2D eigenvalue weighted by atomic mass is 19.1. The summed E-state index contributed by atoms with van der Waals surface area (Å²) < 4.78 is 12.6. The minimum atomic E-state index is -0.351. The predicted molar refractivity (Wildman–Crippen MR) is 54.7 cm³/mol. The van der Waals surface area contributed by atoms with Gasteiger partial charge in [0, 0.05) is 0 Å². The minimum absolute atomic E-state index is 0.351. The Bertz CT molecular complexity index is 480. The van der Waals surface area contributed by atoms with E-state index in [1.165, 1.54) is 12.3 Å². The fourth-order valence-electron chi connectivity index (χ4n) is 1.19. The van der Waals surface area contributed by atoms with E-state index in [9.17, 15) is 4.39 Å². The predicted octanol–water partition coefficient (Wildman–Crippen LogP) is 2.29. The lowest BCUT2D eigenvalue weighted by Gasteiger charge is -2.02. The quantitative estimate of drug-likeness (QED) is 0.713. The first-order chi connectivity index (χ1) is 7.16. The van der Waals surface area contributed by atoms with E-state index in [-0.39, 0.29) is 5.82 Å². The van der Waals surface area contributed by atoms with E-state index in [1.807, 2.05) is 13.8 Å². The van der Waals surface area contributed by atoms with Crippen LogP contribution in [0.15, 0.2) is 24.5 Å². The number of aromatic nitrogens is 3. The van der Waals surface area contributed by atoms with Crippen molar-refractivity contribution in [3.05, 3.63) is 41.7 Å². The highest BCUT2D eigenvalue weighted by Gasteiger charge is 2.03. The second-order valence-electron chi connectivity index (χ2n) is 3.29. The van der Waals surface area contributed by atoms with E-state index < -0.39 is 0 Å². The summed E-state index contributed by atoms with van der Waals surface area (Å²) in [5.41, 5.74) is 3.05. The van der Waals surface area contributed by atoms with Crippen LogP contribution in [0.3, 0.4) is 0 Å². The van der Waals surface area contributed by atoms with Gasteiger partial charge in [-0.3, -0.25) is 9.97 Å². The lowest BCUT2D eigenvalue weighted by Crippen LogP contribution is -1.95. The highest BCUT2D eigenvalue weighted by molar-refractivity contribution is 5.52. The normalized spacial score (nSPS) is 10.3. The molecule has 0 aliphatic carbocycles. The van der Waals surface area contributed by atoms with E-state index in [2.05, 4.69) is 15.0 Å². The molecule has 0 aliphatic heterocycles. The van der Waals surface area contributed by atoms with Crippen molar-refractivity contribution in [3.63, 3.8) is 0 Å². The zero-order valence-electron chi connectivity index (χ0n) is 8.53. The number of rotatable bonds is 1. The summed E-state index contributed by atoms with van der Waals surface area (Å²) in [6, 6.07) is 2.95. The van der Waals surface area contributed by atoms with Crippen LogP contribution in [-0.2, 0) is 0 Å². The van der Waals surface area contributed by atoms with Gasteiger partial charge < -0.3 is 0 Å². The van der Waals surface area contributed by atoms with Gasteiger partial charge in [-0.05, 0) is 26.0 Å². The number of hydrogen-bond donors (Lipinski definition) is 0. The van der Waals surface area contributed by atoms with Gasteiger partial charge in [0.15, 0.2) is 0 Å². The van der Waals surface area contributed by atoms with Crippen molar-refractivity contribution in [2.45, 2.75) is 13.8 Å². The zero-order valence-corrected chi connectivity index (χ0v) is 8.53. The first-order valence-corrected chi connectivity index (χ1v) is 4.59. The molecule has 4 heteroatoms. The van der Waals surface area contributed by atoms with Crippen LogP contribution in [0, 0.1) is 19.7 Å². The van der Waals surface area contributed by atoms with E-state index in [0.29, 0.717) is 11.4 Å². The molecule has 0 radical (unpaired) electrons. The lowest BCUT2D eigenvalue weighted by molar-refractivity contribution is 0.622. The van der Waals surface area contributed by atoms with Crippen LogP contribution in [-0.4, -0.2) is 15.0 Å². The second kappa shape index (κ2) is 3.73. The van der Waals surface area contributed by atoms with Crippen molar-refractivity contribution in [1.82, 2.24) is 15.0 Å². The molecular weight excluding hydrogens is 193 g/mol. The number of nitrogens with zero attached hydrogens (tertiary/aromatic N) is 3. The van der Waals surface area contributed by atoms with E-state index >= 15 is 0 Å². The van der Waals surface area contributed by atoms with Crippen LogP contribution < -0.4 is 0 Å². The van der Waals surface area contributed by atoms with Crippen LogP contribution in [0.1, 0.15) is 11.4 Å². The van der Waals surface area contributed by atoms with Gasteiger partial charge in [0.25, 0.3) is 0 Å². The number of aryl methyl sites for hydroxylation is 2. The second-order valence-corrected chi connectivity index (χ2v) is 3.29. The summed E-state index contributed by atoms with van der Waals surface area (Å²) >= 11 is 0. The van der Waals surface area contributed by atoms with Crippen LogP contribution in [0.2, 0.25) is 0 Å². The van der Waals surface area contributed by atoms with Gasteiger partial charge >= 0.3 is 0 Å². The summed E-state index contributed by atoms with van der Waals surface area (Å²) in [5, 5.41) is 0. The molecule has 0 unspecified atom stereocenters. The average Bonchev–Trinajstić information content (AvgIpc) is 2.23. The van der Waals surface area contributed by atoms with Crippen LogP contribution in [0.5, 0.6) is 0 Å². The summed E-state index contributed by atoms with van der Waals surface area (Å²) in [7, 11) is 0. The smallest absolute Gasteiger partial charge is 0.141 e. The minimum Gasteiger partial charge on any atom is -0.257 e. The van der Waals surface area contributed by atoms with E-state index in [0.717, 1.165) is 11.4 Å². The molecule has 0 amide bonds. The van der Waals surface area contributed by atoms with Gasteiger partial charge in [-0.15, -0.1) is 0 Å². The van der Waals surface area contributed by atoms with Gasteiger partial charge in [-0.1, -0.05) is 0 Å². The fourth-order valence-corrected chi connectivity index (χ4v) is 1.19. The summed E-state index contributed by atoms with van der Waals surface area (Å²) in [4.78, 5) is 12.4. The molecule has 0 bridgehead atoms. The van der Waals surface area contributed by atoms with Crippen molar-refractivity contribution < 1.29 is 4.39 Å². The Kier molecular flexibility index (Phi) is 2.41. The zero-order chi connectivity index (χ0) is 10.8. The van der Waals surface area contributed by atoms with Crippen LogP contribution in [0.4, 0.5) is 4.39 Å². The molecule has 15 heavy (non-hydrogen) atoms. The highest BCUT2D eigenvalue weighted by Crippen LogP contribution is 2.14. The third-order valence-electron chi connectivity index (χ3n) is 2.18. The third kappa shape index (κ3) is 1.98. The number of halogens is 1. The molecule has 0 spiro atoms. The first-order valence-electron chi connectivity index (χ1n) is 4.59. The molecule has 3 nitrogen and oxygen atoms in total. The van der Waals surface area contributed by atoms with Crippen molar-refractivity contribution >= 4 is 0 Å². The maximum Gasteiger partial charge on any atom is 0.141 e. The molecule has 76 valence electrons. The van der Waals surface area contributed by atoms with Gasteiger partial charge in [0.05, 0.1) is 29.5 Å². The SMILES string of the molecule is Cc1ncc(-c2ccc(F)cn2)nc1C. The Morgan fingerprint density at radius 1 is 0.933 bits per heavy atom. The maximum atomic E-state index is 12.6. The Morgan fingerprint density at radius 3 is 2.33 bits per heavy atom. The molecule has 0 N–H and O–H groups in total. The molecule has 2 aromatic rings. The Morgan fingerprint density at radius 2 is 1.73 bits per heavy atom. The molecule has 0 atom stereocenters. The molecule has 0 fully saturated rings. The molecule has 0 aliphatic rings. The van der Waals surface area contributed by atoms with Gasteiger partial charge in [0.1, 0.15) is 11.5 Å². The van der Waals surface area contributed by atoms with Crippen molar-refractivity contribution in [1.29, 1.82) is 0 Å². The molecule has 0 aromatic carbocycles. The van der Waals surface area contributed by atoms with Crippen LogP contribution in [0.25, 0.3) is 11.4 Å². The Hall–Kier alpha value is -1.84. The lowest BCUT2D eigenvalue weighted by atomic mass is 10.2. The largest absolute Gasteiger partial charge is 0.257 e. The monoisotopic (exact) mass is 203 g/mol. The maximum absolute atomic E-state index is 12.6. The van der Waals surface area contributed by atoms with E-state index in [4.69, 9.17) is 0 Å². The average molecular weight is 203 g/mol. The first kappa shape index (κ1) is 9.71. The summed E-state index contributed by atoms with van der Waals surface area (Å²) in [6.07, 6.45) is 2.81. The number of hydrogen-bond acceptors (Lipinski definition) is 3. The molecule has 2 rings (SSSR count). The van der Waals surface area contributed by atoms with Gasteiger partial charge in [-0.25, -0.2) is 9.37 Å². The molecule has 2 aromatic heterocycles. The molecule has 0 saturated heterocycles. The standard InChI is InChI=1S/C11H10FN3/c1-7-8(2)15-11(6-13-7)10-4-3-9(12)5-14-10/h3-6H,1-2H3. The fraction of sp³-hybridized carbons (Fsp3) is 0.182. The Balaban J connectivity index is 2.45. The van der Waals surface area contributed by atoms with E-state index in [1.54, 1.807) is 12.3 Å². The summed E-state index contributed by atoms with van der Waals surface area (Å²) in [5.74, 6) is -0.351. The number of pyridine rings is 1. The Labute approximate surface area is 87.0 Å². The molecule has 2 heterocycles. The van der Waals surface area contributed by atoms with Crippen molar-refractivity contribution in [3.8, 4) is 11.4 Å². The summed E-state index contributed by atoms with van der Waals surface area (Å²) in [6.45, 7) is 3.78. The van der Waals surface area contributed by atoms with Crippen molar-refractivity contribution in [2.24, 2.45) is 0 Å². The van der Waals surface area contributed by atoms with Crippen molar-refractivity contribution in [2.75, 3.05) is 0 Å². The third-order valence-corrected chi connectivity index (χ3v) is 2.18. The molecule has 0 saturated carbocycles. The van der Waals surface area contributed by atoms with Gasteiger partial charge in [-0.2, -0.15) is 0 Å². The van der Waals surface area contributed by atoms with Crippen LogP contribution >= 0.6 is 0 Å².